The van der Waals surface area contributed by atoms with Crippen LogP contribution in [0.1, 0.15) is 15.9 Å². The van der Waals surface area contributed by atoms with Crippen molar-refractivity contribution in [2.24, 2.45) is 0 Å². The molecule has 0 aliphatic heterocycles. The maximum Gasteiger partial charge on any atom is 0.185 e. The predicted molar refractivity (Wildman–Crippen MR) is 78.8 cm³/mol. The molecule has 0 aromatic heterocycles. The second-order valence-corrected chi connectivity index (χ2v) is 4.20. The lowest BCUT2D eigenvalue weighted by Gasteiger charge is -2.03. The van der Waals surface area contributed by atoms with E-state index in [2.05, 4.69) is 0 Å². The summed E-state index contributed by atoms with van der Waals surface area (Å²) < 4.78 is 5.26. The average molecular weight is 268 g/mol. The SMILES string of the molecule is O=C(/C=C\c1ccc(OCCO)cc1)c1ccccc1. The van der Waals surface area contributed by atoms with E-state index in [1.165, 1.54) is 0 Å². The van der Waals surface area contributed by atoms with Crippen LogP contribution in [-0.2, 0) is 0 Å². The maximum absolute atomic E-state index is 11.9. The van der Waals surface area contributed by atoms with Crippen molar-refractivity contribution in [2.45, 2.75) is 0 Å². The third kappa shape index (κ3) is 4.07. The van der Waals surface area contributed by atoms with Crippen LogP contribution in [-0.4, -0.2) is 24.1 Å². The van der Waals surface area contributed by atoms with Gasteiger partial charge < -0.3 is 9.84 Å². The average Bonchev–Trinajstić information content (AvgIpc) is 2.52. The van der Waals surface area contributed by atoms with Gasteiger partial charge in [-0.15, -0.1) is 0 Å². The van der Waals surface area contributed by atoms with E-state index in [9.17, 15) is 4.79 Å². The van der Waals surface area contributed by atoms with E-state index in [4.69, 9.17) is 9.84 Å². The van der Waals surface area contributed by atoms with Crippen LogP contribution in [0, 0.1) is 0 Å². The predicted octanol–water partition coefficient (Wildman–Crippen LogP) is 2.95. The van der Waals surface area contributed by atoms with Gasteiger partial charge in [0, 0.05) is 5.56 Å². The first-order valence-corrected chi connectivity index (χ1v) is 6.41. The zero-order chi connectivity index (χ0) is 14.2. The number of aliphatic hydroxyl groups is 1. The van der Waals surface area contributed by atoms with Gasteiger partial charge >= 0.3 is 0 Å². The minimum Gasteiger partial charge on any atom is -0.491 e. The number of hydrogen-bond acceptors (Lipinski definition) is 3. The number of ketones is 1. The van der Waals surface area contributed by atoms with E-state index in [1.807, 2.05) is 42.5 Å². The van der Waals surface area contributed by atoms with E-state index in [0.29, 0.717) is 11.3 Å². The second-order valence-electron chi connectivity index (χ2n) is 4.20. The van der Waals surface area contributed by atoms with E-state index in [-0.39, 0.29) is 19.0 Å². The summed E-state index contributed by atoms with van der Waals surface area (Å²) in [6.45, 7) is 0.273. The number of rotatable bonds is 6. The van der Waals surface area contributed by atoms with Gasteiger partial charge in [0.25, 0.3) is 0 Å². The van der Waals surface area contributed by atoms with Crippen molar-refractivity contribution in [3.05, 3.63) is 71.8 Å². The Morgan fingerprint density at radius 3 is 2.40 bits per heavy atom. The highest BCUT2D eigenvalue weighted by Crippen LogP contribution is 2.13. The lowest BCUT2D eigenvalue weighted by atomic mass is 10.1. The normalized spacial score (nSPS) is 10.7. The van der Waals surface area contributed by atoms with Crippen LogP contribution in [0.15, 0.2) is 60.7 Å². The highest BCUT2D eigenvalue weighted by molar-refractivity contribution is 6.06. The Bertz CT molecular complexity index is 571. The number of benzene rings is 2. The molecule has 0 heterocycles. The molecule has 0 amide bonds. The summed E-state index contributed by atoms with van der Waals surface area (Å²) in [7, 11) is 0. The van der Waals surface area contributed by atoms with Crippen molar-refractivity contribution < 1.29 is 14.6 Å². The quantitative estimate of drug-likeness (QED) is 0.647. The Labute approximate surface area is 118 Å². The standard InChI is InChI=1S/C17H16O3/c18-12-13-20-16-9-6-14(7-10-16)8-11-17(19)15-4-2-1-3-5-15/h1-11,18H,12-13H2/b11-8-. The molecule has 2 aromatic carbocycles. The topological polar surface area (TPSA) is 46.5 Å². The van der Waals surface area contributed by atoms with Gasteiger partial charge in [-0.1, -0.05) is 48.5 Å². The van der Waals surface area contributed by atoms with Gasteiger partial charge in [-0.25, -0.2) is 0 Å². The Balaban J connectivity index is 1.99. The van der Waals surface area contributed by atoms with Crippen LogP contribution < -0.4 is 4.74 Å². The summed E-state index contributed by atoms with van der Waals surface area (Å²) >= 11 is 0. The molecule has 0 saturated carbocycles. The van der Waals surface area contributed by atoms with Gasteiger partial charge in [-0.2, -0.15) is 0 Å². The minimum absolute atomic E-state index is 0.00671. The molecule has 20 heavy (non-hydrogen) atoms. The fourth-order valence-corrected chi connectivity index (χ4v) is 1.71. The lowest BCUT2D eigenvalue weighted by Crippen LogP contribution is -2.01. The van der Waals surface area contributed by atoms with E-state index >= 15 is 0 Å². The first kappa shape index (κ1) is 14.0. The van der Waals surface area contributed by atoms with Crippen molar-refractivity contribution in [1.29, 1.82) is 0 Å². The van der Waals surface area contributed by atoms with Crippen LogP contribution in [0.3, 0.4) is 0 Å². The third-order valence-corrected chi connectivity index (χ3v) is 2.73. The summed E-state index contributed by atoms with van der Waals surface area (Å²) in [5.41, 5.74) is 1.59. The van der Waals surface area contributed by atoms with Crippen LogP contribution in [0.2, 0.25) is 0 Å². The third-order valence-electron chi connectivity index (χ3n) is 2.73. The zero-order valence-electron chi connectivity index (χ0n) is 11.0. The van der Waals surface area contributed by atoms with E-state index in [0.717, 1.165) is 5.56 Å². The first-order valence-electron chi connectivity index (χ1n) is 6.41. The summed E-state index contributed by atoms with van der Waals surface area (Å²) in [6.07, 6.45) is 3.32. The molecule has 2 aromatic rings. The summed E-state index contributed by atoms with van der Waals surface area (Å²) in [4.78, 5) is 11.9. The first-order chi connectivity index (χ1) is 9.79. The van der Waals surface area contributed by atoms with Crippen LogP contribution in [0.5, 0.6) is 5.75 Å². The number of carbonyl (C=O) groups excluding carboxylic acids is 1. The Hall–Kier alpha value is -2.39. The van der Waals surface area contributed by atoms with Crippen molar-refractivity contribution in [2.75, 3.05) is 13.2 Å². The molecule has 0 fully saturated rings. The molecule has 3 heteroatoms. The van der Waals surface area contributed by atoms with Crippen LogP contribution in [0.25, 0.3) is 6.08 Å². The molecule has 2 rings (SSSR count). The highest BCUT2D eigenvalue weighted by atomic mass is 16.5. The van der Waals surface area contributed by atoms with Gasteiger partial charge in [-0.3, -0.25) is 4.79 Å². The Kier molecular flexibility index (Phi) is 5.09. The van der Waals surface area contributed by atoms with Crippen molar-refractivity contribution in [1.82, 2.24) is 0 Å². The van der Waals surface area contributed by atoms with Gasteiger partial charge in [0.1, 0.15) is 12.4 Å². The summed E-state index contributed by atoms with van der Waals surface area (Å²) in [5, 5.41) is 8.66. The van der Waals surface area contributed by atoms with Gasteiger partial charge in [0.05, 0.1) is 6.61 Å². The van der Waals surface area contributed by atoms with Crippen molar-refractivity contribution in [3.63, 3.8) is 0 Å². The Morgan fingerprint density at radius 2 is 1.75 bits per heavy atom. The van der Waals surface area contributed by atoms with E-state index < -0.39 is 0 Å². The monoisotopic (exact) mass is 268 g/mol. The fraction of sp³-hybridized carbons (Fsp3) is 0.118. The highest BCUT2D eigenvalue weighted by Gasteiger charge is 1.99. The number of hydrogen-bond donors (Lipinski definition) is 1. The molecule has 0 aliphatic rings. The van der Waals surface area contributed by atoms with Crippen molar-refractivity contribution >= 4 is 11.9 Å². The molecule has 0 unspecified atom stereocenters. The largest absolute Gasteiger partial charge is 0.491 e. The molecule has 1 N–H and O–H groups in total. The van der Waals surface area contributed by atoms with E-state index in [1.54, 1.807) is 24.3 Å². The number of carbonyl (C=O) groups is 1. The summed E-state index contributed by atoms with van der Waals surface area (Å²) in [6, 6.07) is 16.5. The number of aliphatic hydroxyl groups excluding tert-OH is 1. The maximum atomic E-state index is 11.9. The molecule has 0 radical (unpaired) electrons. The van der Waals surface area contributed by atoms with Crippen molar-refractivity contribution in [3.8, 4) is 5.75 Å². The molecular weight excluding hydrogens is 252 g/mol. The summed E-state index contributed by atoms with van der Waals surface area (Å²) in [5.74, 6) is 0.678. The fourth-order valence-electron chi connectivity index (χ4n) is 1.71. The molecule has 0 atom stereocenters. The smallest absolute Gasteiger partial charge is 0.185 e. The Morgan fingerprint density at radius 1 is 1.05 bits per heavy atom. The van der Waals surface area contributed by atoms with Gasteiger partial charge in [0.2, 0.25) is 0 Å². The number of ether oxygens (including phenoxy) is 1. The molecule has 0 spiro atoms. The zero-order valence-corrected chi connectivity index (χ0v) is 11.0. The second kappa shape index (κ2) is 7.26. The molecule has 0 bridgehead atoms. The van der Waals surface area contributed by atoms with Gasteiger partial charge in [0.15, 0.2) is 5.78 Å². The van der Waals surface area contributed by atoms with Crippen LogP contribution >= 0.6 is 0 Å². The molecule has 3 nitrogen and oxygen atoms in total. The molecule has 102 valence electrons. The minimum atomic E-state index is -0.0220. The lowest BCUT2D eigenvalue weighted by molar-refractivity contribution is 0.104. The molecule has 0 aliphatic carbocycles. The molecule has 0 saturated heterocycles. The number of allylic oxidation sites excluding steroid dienone is 1. The molecular formula is C17H16O3. The van der Waals surface area contributed by atoms with Crippen LogP contribution in [0.4, 0.5) is 0 Å². The van der Waals surface area contributed by atoms with Gasteiger partial charge in [-0.05, 0) is 23.8 Å².